The zero-order valence-corrected chi connectivity index (χ0v) is 21.6. The molecular formula is C32H34N2O4. The quantitative estimate of drug-likeness (QED) is 0.517. The van der Waals surface area contributed by atoms with Crippen LogP contribution in [-0.4, -0.2) is 61.1 Å². The van der Waals surface area contributed by atoms with Gasteiger partial charge in [-0.1, -0.05) is 60.7 Å². The molecule has 3 aliphatic heterocycles. The minimum absolute atomic E-state index is 0.00618. The van der Waals surface area contributed by atoms with Crippen LogP contribution < -0.4 is 4.90 Å². The first kappa shape index (κ1) is 23.7. The van der Waals surface area contributed by atoms with E-state index < -0.39 is 5.60 Å². The summed E-state index contributed by atoms with van der Waals surface area (Å²) in [6, 6.07) is 25.1. The van der Waals surface area contributed by atoms with Gasteiger partial charge < -0.3 is 24.4 Å². The van der Waals surface area contributed by atoms with Crippen molar-refractivity contribution in [2.24, 2.45) is 0 Å². The van der Waals surface area contributed by atoms with E-state index in [2.05, 4.69) is 77.7 Å². The van der Waals surface area contributed by atoms with Gasteiger partial charge in [0, 0.05) is 49.6 Å². The maximum atomic E-state index is 13.4. The summed E-state index contributed by atoms with van der Waals surface area (Å²) in [7, 11) is 0. The van der Waals surface area contributed by atoms with Crippen LogP contribution in [0.1, 0.15) is 48.3 Å². The fourth-order valence-corrected chi connectivity index (χ4v) is 7.23. The van der Waals surface area contributed by atoms with E-state index in [1.807, 2.05) is 4.90 Å². The van der Waals surface area contributed by atoms with Gasteiger partial charge >= 0.3 is 6.09 Å². The van der Waals surface area contributed by atoms with Crippen molar-refractivity contribution in [3.05, 3.63) is 89.5 Å². The molecule has 2 atom stereocenters. The molecule has 196 valence electrons. The predicted octanol–water partition coefficient (Wildman–Crippen LogP) is 5.29. The van der Waals surface area contributed by atoms with E-state index in [1.54, 1.807) is 0 Å². The van der Waals surface area contributed by atoms with E-state index >= 15 is 0 Å². The number of benzene rings is 3. The Kier molecular flexibility index (Phi) is 5.90. The average molecular weight is 511 g/mol. The lowest BCUT2D eigenvalue weighted by molar-refractivity contribution is -0.0531. The van der Waals surface area contributed by atoms with Crippen LogP contribution >= 0.6 is 0 Å². The molecule has 7 rings (SSSR count). The Labute approximate surface area is 223 Å². The fourth-order valence-electron chi connectivity index (χ4n) is 7.23. The molecule has 3 saturated heterocycles. The number of anilines is 1. The Balaban J connectivity index is 1.04. The van der Waals surface area contributed by atoms with Gasteiger partial charge in [0.15, 0.2) is 0 Å². The van der Waals surface area contributed by atoms with E-state index in [0.717, 1.165) is 44.7 Å². The number of morpholine rings is 1. The van der Waals surface area contributed by atoms with Gasteiger partial charge in [0.25, 0.3) is 0 Å². The molecule has 2 unspecified atom stereocenters. The summed E-state index contributed by atoms with van der Waals surface area (Å²) in [5.74, 6) is 0.0516. The third-order valence-electron chi connectivity index (χ3n) is 9.09. The van der Waals surface area contributed by atoms with Gasteiger partial charge in [-0.2, -0.15) is 0 Å². The van der Waals surface area contributed by atoms with Crippen LogP contribution in [-0.2, 0) is 15.1 Å². The Morgan fingerprint density at radius 3 is 2.05 bits per heavy atom. The molecule has 1 aliphatic carbocycles. The topological polar surface area (TPSA) is 62.2 Å². The highest BCUT2D eigenvalue weighted by Crippen LogP contribution is 2.47. The molecule has 1 N–H and O–H groups in total. The highest BCUT2D eigenvalue weighted by Gasteiger charge is 2.50. The number of hydrogen-bond acceptors (Lipinski definition) is 5. The molecule has 3 fully saturated rings. The van der Waals surface area contributed by atoms with Crippen molar-refractivity contribution < 1.29 is 19.4 Å². The summed E-state index contributed by atoms with van der Waals surface area (Å²) in [6.07, 6.45) is 2.66. The number of ether oxygens (including phenoxy) is 2. The minimum Gasteiger partial charge on any atom is -0.448 e. The number of carbonyl (C=O) groups excluding carboxylic acids is 1. The second-order valence-corrected chi connectivity index (χ2v) is 11.2. The summed E-state index contributed by atoms with van der Waals surface area (Å²) >= 11 is 0. The third kappa shape index (κ3) is 3.98. The molecule has 4 aliphatic rings. The molecule has 3 aromatic rings. The number of nitrogens with zero attached hydrogens (tertiary/aromatic N) is 2. The molecule has 6 heteroatoms. The Bertz CT molecular complexity index is 1270. The molecule has 2 bridgehead atoms. The van der Waals surface area contributed by atoms with E-state index in [9.17, 15) is 9.90 Å². The van der Waals surface area contributed by atoms with Crippen LogP contribution in [0.2, 0.25) is 0 Å². The second kappa shape index (κ2) is 9.44. The standard InChI is InChI=1S/C32H34N2O4/c35-31(38-21-30-28-7-3-1-5-26(28)27-6-2-4-8-29(27)30)34-24-13-14-25(34)20-32(36,19-24)22-9-11-23(12-10-22)33-15-17-37-18-16-33/h1-12,24-25,30,36H,13-21H2. The van der Waals surface area contributed by atoms with E-state index in [0.29, 0.717) is 19.4 Å². The summed E-state index contributed by atoms with van der Waals surface area (Å²) in [6.45, 7) is 3.61. The van der Waals surface area contributed by atoms with Crippen LogP contribution in [0.25, 0.3) is 11.1 Å². The lowest BCUT2D eigenvalue weighted by Gasteiger charge is -2.43. The summed E-state index contributed by atoms with van der Waals surface area (Å²) < 4.78 is 11.5. The first-order valence-electron chi connectivity index (χ1n) is 13.9. The highest BCUT2D eigenvalue weighted by atomic mass is 16.6. The van der Waals surface area contributed by atoms with Crippen molar-refractivity contribution >= 4 is 11.8 Å². The highest BCUT2D eigenvalue weighted by molar-refractivity contribution is 5.79. The van der Waals surface area contributed by atoms with Crippen molar-refractivity contribution in [1.29, 1.82) is 0 Å². The molecule has 0 saturated carbocycles. The number of aliphatic hydroxyl groups is 1. The van der Waals surface area contributed by atoms with Crippen LogP contribution in [0.5, 0.6) is 0 Å². The van der Waals surface area contributed by atoms with Gasteiger partial charge in [0.1, 0.15) is 6.61 Å². The summed E-state index contributed by atoms with van der Waals surface area (Å²) in [5.41, 5.74) is 6.09. The van der Waals surface area contributed by atoms with Gasteiger partial charge in [-0.3, -0.25) is 0 Å². The van der Waals surface area contributed by atoms with Crippen LogP contribution in [0.15, 0.2) is 72.8 Å². The van der Waals surface area contributed by atoms with E-state index in [1.165, 1.54) is 27.9 Å². The number of carbonyl (C=O) groups is 1. The minimum atomic E-state index is -0.921. The van der Waals surface area contributed by atoms with Crippen molar-refractivity contribution in [3.63, 3.8) is 0 Å². The van der Waals surface area contributed by atoms with Gasteiger partial charge in [-0.25, -0.2) is 4.79 Å². The smallest absolute Gasteiger partial charge is 0.410 e. The summed E-state index contributed by atoms with van der Waals surface area (Å²) in [4.78, 5) is 17.7. The van der Waals surface area contributed by atoms with Crippen LogP contribution in [0.4, 0.5) is 10.5 Å². The fraction of sp³-hybridized carbons (Fsp3) is 0.406. The molecule has 0 aromatic heterocycles. The van der Waals surface area contributed by atoms with Crippen molar-refractivity contribution in [2.75, 3.05) is 37.8 Å². The Morgan fingerprint density at radius 2 is 1.45 bits per heavy atom. The van der Waals surface area contributed by atoms with Crippen LogP contribution in [0.3, 0.4) is 0 Å². The Morgan fingerprint density at radius 1 is 0.868 bits per heavy atom. The van der Waals surface area contributed by atoms with Crippen molar-refractivity contribution in [1.82, 2.24) is 4.90 Å². The zero-order valence-electron chi connectivity index (χ0n) is 21.6. The average Bonchev–Trinajstić information content (AvgIpc) is 3.44. The first-order chi connectivity index (χ1) is 18.6. The normalized spacial score (nSPS) is 26.2. The molecule has 0 radical (unpaired) electrons. The van der Waals surface area contributed by atoms with Crippen LogP contribution in [0, 0.1) is 0 Å². The van der Waals surface area contributed by atoms with E-state index in [-0.39, 0.29) is 24.1 Å². The van der Waals surface area contributed by atoms with Crippen molar-refractivity contribution in [3.8, 4) is 11.1 Å². The van der Waals surface area contributed by atoms with Gasteiger partial charge in [-0.15, -0.1) is 0 Å². The molecule has 3 aromatic carbocycles. The number of rotatable bonds is 4. The van der Waals surface area contributed by atoms with E-state index in [4.69, 9.17) is 9.47 Å². The molecule has 1 amide bonds. The SMILES string of the molecule is O=C(OCC1c2ccccc2-c2ccccc21)N1C2CCC1CC(O)(c1ccc(N3CCOCC3)cc1)C2. The number of hydrogen-bond donors (Lipinski definition) is 1. The Hall–Kier alpha value is -3.35. The van der Waals surface area contributed by atoms with Gasteiger partial charge in [-0.05, 0) is 52.8 Å². The lowest BCUT2D eigenvalue weighted by atomic mass is 9.80. The van der Waals surface area contributed by atoms with Gasteiger partial charge in [0.2, 0.25) is 0 Å². The number of amides is 1. The molecule has 0 spiro atoms. The number of piperidine rings is 1. The number of fused-ring (bicyclic) bond motifs is 5. The lowest BCUT2D eigenvalue weighted by Crippen LogP contribution is -2.52. The predicted molar refractivity (Wildman–Crippen MR) is 146 cm³/mol. The maximum Gasteiger partial charge on any atom is 0.410 e. The molecule has 6 nitrogen and oxygen atoms in total. The zero-order chi connectivity index (χ0) is 25.7. The summed E-state index contributed by atoms with van der Waals surface area (Å²) in [5, 5.41) is 11.7. The molecule has 3 heterocycles. The maximum absolute atomic E-state index is 13.4. The monoisotopic (exact) mass is 510 g/mol. The largest absolute Gasteiger partial charge is 0.448 e. The molecular weight excluding hydrogens is 476 g/mol. The second-order valence-electron chi connectivity index (χ2n) is 11.2. The third-order valence-corrected chi connectivity index (χ3v) is 9.09. The van der Waals surface area contributed by atoms with Gasteiger partial charge in [0.05, 0.1) is 18.8 Å². The first-order valence-corrected chi connectivity index (χ1v) is 13.9. The van der Waals surface area contributed by atoms with Crippen molar-refractivity contribution in [2.45, 2.75) is 49.3 Å². The molecule has 38 heavy (non-hydrogen) atoms.